The van der Waals surface area contributed by atoms with E-state index in [1.54, 1.807) is 4.90 Å². The molecule has 6 heterocycles. The van der Waals surface area contributed by atoms with Crippen LogP contribution in [-0.4, -0.2) is 64.8 Å². The summed E-state index contributed by atoms with van der Waals surface area (Å²) in [5.41, 5.74) is 1.03. The molecule has 8 nitrogen and oxygen atoms in total. The van der Waals surface area contributed by atoms with Gasteiger partial charge in [0.1, 0.15) is 34.8 Å². The number of thiophene rings is 1. The van der Waals surface area contributed by atoms with Crippen molar-refractivity contribution in [1.82, 2.24) is 20.2 Å². The molecule has 0 unspecified atom stereocenters. The third-order valence-electron chi connectivity index (χ3n) is 10.7. The molecule has 2 aromatic heterocycles. The molecule has 262 valence electrons. The molecule has 0 spiro atoms. The summed E-state index contributed by atoms with van der Waals surface area (Å²) < 4.78 is 110. The zero-order valence-corrected chi connectivity index (χ0v) is 27.3. The predicted molar refractivity (Wildman–Crippen MR) is 174 cm³/mol. The normalized spacial score (nSPS) is 23.1. The van der Waals surface area contributed by atoms with Crippen molar-refractivity contribution in [1.29, 1.82) is 5.26 Å². The van der Waals surface area contributed by atoms with Crippen molar-refractivity contribution >= 4 is 43.1 Å². The lowest BCUT2D eigenvalue weighted by atomic mass is 9.92. The Hall–Kier alpha value is -4.20. The maximum Gasteiger partial charge on any atom is 0.417 e. The van der Waals surface area contributed by atoms with E-state index in [2.05, 4.69) is 20.2 Å². The van der Waals surface area contributed by atoms with E-state index in [9.17, 15) is 18.4 Å². The first-order valence-corrected chi connectivity index (χ1v) is 17.1. The van der Waals surface area contributed by atoms with Crippen molar-refractivity contribution in [2.24, 2.45) is 0 Å². The summed E-state index contributed by atoms with van der Waals surface area (Å²) in [7, 11) is 0. The van der Waals surface area contributed by atoms with Crippen molar-refractivity contribution in [3.05, 3.63) is 53.1 Å². The number of nitriles is 1. The molecule has 0 saturated carbocycles. The molecule has 2 bridgehead atoms. The molecule has 3 N–H and O–H groups in total. The molecule has 0 aliphatic carbocycles. The molecule has 4 saturated heterocycles. The predicted octanol–water partition coefficient (Wildman–Crippen LogP) is 7.36. The van der Waals surface area contributed by atoms with Crippen molar-refractivity contribution in [2.45, 2.75) is 61.8 Å². The van der Waals surface area contributed by atoms with Gasteiger partial charge in [0.05, 0.1) is 26.9 Å². The molecule has 4 aliphatic heterocycles. The highest BCUT2D eigenvalue weighted by molar-refractivity contribution is 7.23. The van der Waals surface area contributed by atoms with Gasteiger partial charge in [-0.2, -0.15) is 37.2 Å². The fourth-order valence-corrected chi connectivity index (χ4v) is 9.55. The number of halogens is 7. The van der Waals surface area contributed by atoms with Gasteiger partial charge in [0.15, 0.2) is 5.82 Å². The van der Waals surface area contributed by atoms with E-state index in [-0.39, 0.29) is 74.7 Å². The van der Waals surface area contributed by atoms with E-state index in [0.717, 1.165) is 63.0 Å². The lowest BCUT2D eigenvalue weighted by Crippen LogP contribution is -2.59. The molecule has 8 rings (SSSR count). The standard InChI is InChI=1S/C34H30F7N7OS/c35-22-4-3-18(24-20(13-42)29(43)50-28(22)24)25-21(34(39,40)41)11-19-27(26(25)38)44-31(49-16-33-6-1-9-48(33)10-2-7-33)45-30(19)47-14-17-5-8-32(15-47,46-17)12-23(36)37/h3-4,11-12,17,46H,1-2,5-10,14-16,43H2/t17-,32-/m1/s1. The van der Waals surface area contributed by atoms with Crippen LogP contribution in [0, 0.1) is 23.0 Å². The van der Waals surface area contributed by atoms with Crippen LogP contribution in [0.2, 0.25) is 0 Å². The Bertz CT molecular complexity index is 2120. The number of aromatic nitrogens is 2. The lowest BCUT2D eigenvalue weighted by Gasteiger charge is -2.40. The summed E-state index contributed by atoms with van der Waals surface area (Å²) in [5, 5.41) is 12.4. The van der Waals surface area contributed by atoms with Crippen molar-refractivity contribution < 1.29 is 35.5 Å². The van der Waals surface area contributed by atoms with Crippen molar-refractivity contribution in [3.8, 4) is 23.2 Å². The topological polar surface area (TPSA) is 103 Å². The number of fused-ring (bicyclic) bond motifs is 5. The molecule has 0 radical (unpaired) electrons. The van der Waals surface area contributed by atoms with Gasteiger partial charge in [0, 0.05) is 41.5 Å². The number of anilines is 2. The minimum atomic E-state index is -5.14. The van der Waals surface area contributed by atoms with Crippen LogP contribution in [-0.2, 0) is 6.18 Å². The summed E-state index contributed by atoms with van der Waals surface area (Å²) in [5.74, 6) is -2.29. The maximum absolute atomic E-state index is 17.1. The Morgan fingerprint density at radius 2 is 1.92 bits per heavy atom. The van der Waals surface area contributed by atoms with E-state index in [1.807, 2.05) is 6.07 Å². The highest BCUT2D eigenvalue weighted by atomic mass is 32.1. The van der Waals surface area contributed by atoms with Gasteiger partial charge >= 0.3 is 12.2 Å². The Morgan fingerprint density at radius 3 is 2.62 bits per heavy atom. The molecular formula is C34H30F7N7OS. The molecule has 4 aliphatic rings. The van der Waals surface area contributed by atoms with Crippen LogP contribution in [0.5, 0.6) is 6.01 Å². The van der Waals surface area contributed by atoms with Crippen molar-refractivity contribution in [2.75, 3.05) is 43.4 Å². The van der Waals surface area contributed by atoms with E-state index in [4.69, 9.17) is 10.5 Å². The van der Waals surface area contributed by atoms with Gasteiger partial charge in [0.25, 0.3) is 6.08 Å². The van der Waals surface area contributed by atoms with Crippen LogP contribution in [0.25, 0.3) is 32.1 Å². The highest BCUT2D eigenvalue weighted by Crippen LogP contribution is 2.49. The smallest absolute Gasteiger partial charge is 0.417 e. The number of rotatable bonds is 6. The Labute approximate surface area is 285 Å². The minimum absolute atomic E-state index is 0.0763. The molecule has 2 atom stereocenters. The largest absolute Gasteiger partial charge is 0.461 e. The fraction of sp³-hybridized carbons (Fsp3) is 0.441. The number of alkyl halides is 3. The average Bonchev–Trinajstić information content (AvgIpc) is 3.80. The quantitative estimate of drug-likeness (QED) is 0.200. The first-order valence-electron chi connectivity index (χ1n) is 16.3. The fourth-order valence-electron chi connectivity index (χ4n) is 8.60. The molecule has 4 aromatic rings. The monoisotopic (exact) mass is 717 g/mol. The Balaban J connectivity index is 1.36. The van der Waals surface area contributed by atoms with E-state index in [1.165, 1.54) is 0 Å². The first-order chi connectivity index (χ1) is 23.8. The second-order valence-corrected chi connectivity index (χ2v) is 14.7. The van der Waals surface area contributed by atoms with Gasteiger partial charge in [-0.25, -0.2) is 8.78 Å². The molecule has 2 aromatic carbocycles. The second kappa shape index (κ2) is 11.7. The molecule has 4 fully saturated rings. The van der Waals surface area contributed by atoms with Gasteiger partial charge in [-0.3, -0.25) is 4.90 Å². The van der Waals surface area contributed by atoms with Crippen LogP contribution >= 0.6 is 11.3 Å². The van der Waals surface area contributed by atoms with E-state index < -0.39 is 46.1 Å². The summed E-state index contributed by atoms with van der Waals surface area (Å²) in [4.78, 5) is 12.8. The van der Waals surface area contributed by atoms with Crippen molar-refractivity contribution in [3.63, 3.8) is 0 Å². The highest BCUT2D eigenvalue weighted by Gasteiger charge is 2.47. The zero-order chi connectivity index (χ0) is 35.2. The summed E-state index contributed by atoms with van der Waals surface area (Å²) in [6.07, 6.45) is -1.66. The van der Waals surface area contributed by atoms with E-state index >= 15 is 17.6 Å². The number of piperazine rings is 1. The number of benzene rings is 2. The summed E-state index contributed by atoms with van der Waals surface area (Å²) in [6, 6.07) is 3.90. The molecular weight excluding hydrogens is 687 g/mol. The maximum atomic E-state index is 17.1. The first kappa shape index (κ1) is 33.0. The zero-order valence-electron chi connectivity index (χ0n) is 26.4. The van der Waals surface area contributed by atoms with Gasteiger partial charge in [0.2, 0.25) is 0 Å². The van der Waals surface area contributed by atoms with Crippen LogP contribution in [0.4, 0.5) is 41.6 Å². The average molecular weight is 718 g/mol. The third kappa shape index (κ3) is 5.24. The summed E-state index contributed by atoms with van der Waals surface area (Å²) in [6.45, 7) is 2.11. The number of ether oxygens (including phenoxy) is 1. The summed E-state index contributed by atoms with van der Waals surface area (Å²) >= 11 is 0.677. The number of nitrogens with zero attached hydrogens (tertiary/aromatic N) is 5. The van der Waals surface area contributed by atoms with Crippen LogP contribution < -0.4 is 20.7 Å². The van der Waals surface area contributed by atoms with Gasteiger partial charge in [-0.05, 0) is 69.3 Å². The minimum Gasteiger partial charge on any atom is -0.461 e. The lowest BCUT2D eigenvalue weighted by molar-refractivity contribution is -0.137. The third-order valence-corrected chi connectivity index (χ3v) is 11.7. The SMILES string of the molecule is N#Cc1c(N)sc2c(F)ccc(-c3c(C(F)(F)F)cc4c(N5C[C@H]6CC[C@@](C=C(F)F)(C5)N6)nc(OCC56CCCN5CCC6)nc4c3F)c12. The van der Waals surface area contributed by atoms with Gasteiger partial charge < -0.3 is 20.7 Å². The van der Waals surface area contributed by atoms with Crippen LogP contribution in [0.15, 0.2) is 30.4 Å². The molecule has 50 heavy (non-hydrogen) atoms. The number of nitrogen functional groups attached to an aromatic ring is 1. The van der Waals surface area contributed by atoms with Gasteiger partial charge in [-0.1, -0.05) is 6.07 Å². The van der Waals surface area contributed by atoms with E-state index in [0.29, 0.717) is 24.2 Å². The Kier molecular flexibility index (Phi) is 7.70. The van der Waals surface area contributed by atoms with Gasteiger partial charge in [-0.15, -0.1) is 11.3 Å². The Morgan fingerprint density at radius 1 is 1.16 bits per heavy atom. The second-order valence-electron chi connectivity index (χ2n) is 13.6. The number of nitrogens with one attached hydrogen (secondary N) is 1. The molecule has 16 heteroatoms. The number of hydrogen-bond acceptors (Lipinski definition) is 9. The molecule has 0 amide bonds. The number of hydrogen-bond donors (Lipinski definition) is 2. The van der Waals surface area contributed by atoms with Crippen LogP contribution in [0.3, 0.4) is 0 Å². The number of nitrogens with two attached hydrogens (primary N) is 1. The van der Waals surface area contributed by atoms with Crippen LogP contribution in [0.1, 0.15) is 49.7 Å².